The van der Waals surface area contributed by atoms with Crippen LogP contribution in [0.2, 0.25) is 0 Å². The first-order valence-corrected chi connectivity index (χ1v) is 18.4. The molecule has 1 aromatic heterocycles. The fraction of sp³-hybridized carbons (Fsp3) is 0.514. The number of halogens is 3. The molecule has 0 radical (unpaired) electrons. The molecule has 3 aromatic rings. The van der Waals surface area contributed by atoms with Crippen molar-refractivity contribution in [3.05, 3.63) is 65.0 Å². The van der Waals surface area contributed by atoms with Crippen LogP contribution >= 0.6 is 0 Å². The average Bonchev–Trinajstić information content (AvgIpc) is 3.43. The monoisotopic (exact) mass is 753 g/mol. The van der Waals surface area contributed by atoms with Crippen LogP contribution in [0.15, 0.2) is 51.9 Å². The van der Waals surface area contributed by atoms with Crippen molar-refractivity contribution in [1.29, 1.82) is 0 Å². The van der Waals surface area contributed by atoms with Crippen LogP contribution in [0.3, 0.4) is 0 Å². The zero-order valence-corrected chi connectivity index (χ0v) is 30.8. The number of amides is 3. The summed E-state index contributed by atoms with van der Waals surface area (Å²) in [6.07, 6.45) is -3.41. The number of fused-ring (bicyclic) bond motifs is 1. The number of hydrogen-bond acceptors (Lipinski definition) is 9. The number of aromatic nitrogens is 1. The topological polar surface area (TPSA) is 164 Å². The van der Waals surface area contributed by atoms with E-state index >= 15 is 0 Å². The van der Waals surface area contributed by atoms with Gasteiger partial charge in [0.05, 0.1) is 36.0 Å². The number of aliphatic hydroxyl groups is 1. The molecule has 4 rings (SSSR count). The van der Waals surface area contributed by atoms with Gasteiger partial charge in [0.15, 0.2) is 10.7 Å². The third-order valence-corrected chi connectivity index (χ3v) is 10.4. The third kappa shape index (κ3) is 10.2. The molecule has 0 saturated carbocycles. The fourth-order valence-corrected chi connectivity index (χ4v) is 7.21. The van der Waals surface area contributed by atoms with Gasteiger partial charge >= 0.3 is 12.2 Å². The van der Waals surface area contributed by atoms with E-state index < -0.39 is 51.8 Å². The van der Waals surface area contributed by atoms with Crippen molar-refractivity contribution >= 4 is 33.3 Å². The van der Waals surface area contributed by atoms with Gasteiger partial charge in [-0.25, -0.2) is 13.2 Å². The first-order valence-electron chi connectivity index (χ1n) is 16.9. The number of carbonyl (C=O) groups excluding carboxylic acids is 2. The first-order chi connectivity index (χ1) is 24.4. The molecule has 4 atom stereocenters. The summed E-state index contributed by atoms with van der Waals surface area (Å²) in [7, 11) is -2.61. The van der Waals surface area contributed by atoms with E-state index in [-0.39, 0.29) is 64.8 Å². The third-order valence-electron chi connectivity index (χ3n) is 8.80. The van der Waals surface area contributed by atoms with Crippen molar-refractivity contribution in [3.63, 3.8) is 0 Å². The quantitative estimate of drug-likeness (QED) is 0.248. The number of ether oxygens (including phenoxy) is 2. The summed E-state index contributed by atoms with van der Waals surface area (Å²) >= 11 is 0. The number of sulfonamides is 1. The van der Waals surface area contributed by atoms with Gasteiger partial charge in [-0.15, -0.1) is 0 Å². The summed E-state index contributed by atoms with van der Waals surface area (Å²) in [6.45, 7) is 8.47. The van der Waals surface area contributed by atoms with E-state index in [0.717, 1.165) is 18.6 Å². The van der Waals surface area contributed by atoms with Crippen LogP contribution < -0.4 is 14.8 Å². The molecule has 3 N–H and O–H groups in total. The van der Waals surface area contributed by atoms with Crippen LogP contribution in [-0.2, 0) is 20.9 Å². The van der Waals surface area contributed by atoms with Gasteiger partial charge in [0.2, 0.25) is 0 Å². The van der Waals surface area contributed by atoms with E-state index in [1.165, 1.54) is 61.0 Å². The maximum Gasteiger partial charge on any atom is 0.416 e. The predicted molar refractivity (Wildman–Crippen MR) is 187 cm³/mol. The molecular weight excluding hydrogens is 707 g/mol. The normalized spacial score (nSPS) is 19.9. The number of aliphatic hydroxyl groups excluding tert-OH is 1. The van der Waals surface area contributed by atoms with Gasteiger partial charge in [-0.2, -0.15) is 13.2 Å². The largest absolute Gasteiger partial charge is 0.490 e. The van der Waals surface area contributed by atoms with Gasteiger partial charge in [-0.1, -0.05) is 12.1 Å². The Kier molecular flexibility index (Phi) is 13.2. The molecule has 1 aliphatic heterocycles. The van der Waals surface area contributed by atoms with Crippen LogP contribution in [0.25, 0.3) is 0 Å². The predicted octanol–water partition coefficient (Wildman–Crippen LogP) is 6.07. The number of alkyl halides is 3. The Morgan fingerprint density at radius 1 is 1.12 bits per heavy atom. The molecule has 286 valence electrons. The molecule has 0 spiro atoms. The molecule has 2 aromatic carbocycles. The molecule has 13 nitrogen and oxygen atoms in total. The number of nitrogens with zero attached hydrogens (tertiary/aromatic N) is 3. The molecule has 52 heavy (non-hydrogen) atoms. The molecule has 0 aliphatic carbocycles. The Hall–Kier alpha value is -4.35. The number of hydrogen-bond donors (Lipinski definition) is 3. The highest BCUT2D eigenvalue weighted by molar-refractivity contribution is 7.92. The number of likely N-dealkylation sites (N-methyl/N-ethyl adjacent to an activating group) is 1. The molecule has 0 unspecified atom stereocenters. The summed E-state index contributed by atoms with van der Waals surface area (Å²) in [5.74, 6) is -0.581. The highest BCUT2D eigenvalue weighted by atomic mass is 32.2. The van der Waals surface area contributed by atoms with Crippen LogP contribution in [0, 0.1) is 19.8 Å². The van der Waals surface area contributed by atoms with Gasteiger partial charge in [-0.3, -0.25) is 9.52 Å². The summed E-state index contributed by atoms with van der Waals surface area (Å²) in [4.78, 5) is 30.2. The second kappa shape index (κ2) is 17.0. The van der Waals surface area contributed by atoms with Crippen molar-refractivity contribution in [2.45, 2.75) is 83.2 Å². The minimum absolute atomic E-state index is 0.0703. The van der Waals surface area contributed by atoms with Crippen molar-refractivity contribution in [3.8, 4) is 5.75 Å². The van der Waals surface area contributed by atoms with Gasteiger partial charge in [0.1, 0.15) is 11.4 Å². The molecule has 3 amide bonds. The molecule has 17 heteroatoms. The SMILES string of the molecule is Cc1noc(C)c1S(=O)(=O)Nc1ccc2c(c1)C(=O)N([C@H](C)CO)C[C@H](C)[C@H](CN(C)C(=O)Nc1ccc(C(F)(F)F)cc1)OCCCC[C@@H](C)O2. The van der Waals surface area contributed by atoms with Crippen LogP contribution in [0.1, 0.15) is 67.4 Å². The maximum atomic E-state index is 14.4. The van der Waals surface area contributed by atoms with Gasteiger partial charge in [0.25, 0.3) is 15.9 Å². The van der Waals surface area contributed by atoms with E-state index in [2.05, 4.69) is 15.2 Å². The Labute approximate surface area is 301 Å². The lowest BCUT2D eigenvalue weighted by molar-refractivity contribution is -0.137. The lowest BCUT2D eigenvalue weighted by Crippen LogP contribution is -2.48. The Balaban J connectivity index is 1.60. The number of carbonyl (C=O) groups is 2. The molecule has 2 heterocycles. The molecule has 0 fully saturated rings. The lowest BCUT2D eigenvalue weighted by atomic mass is 10.0. The summed E-state index contributed by atoms with van der Waals surface area (Å²) < 4.78 is 85.6. The van der Waals surface area contributed by atoms with Gasteiger partial charge in [0, 0.05) is 44.0 Å². The Bertz CT molecular complexity index is 1780. The molecule has 0 saturated heterocycles. The lowest BCUT2D eigenvalue weighted by Gasteiger charge is -2.35. The zero-order valence-electron chi connectivity index (χ0n) is 30.0. The standard InChI is InChI=1S/C35H46F3N5O8S/c1-21-18-43(22(2)20-44)33(45)29-17-28(41-52(47,48)32-24(4)40-51-25(32)5)14-15-30(29)50-23(3)9-7-8-16-49-31(21)19-42(6)34(46)39-27-12-10-26(11-13-27)35(36,37)38/h10-15,17,21-23,31,41,44H,7-9,16,18-20H2,1-6H3,(H,39,46)/t21-,22+,23+,31-/m0/s1. The number of aryl methyl sites for hydroxylation is 2. The number of nitrogens with one attached hydrogen (secondary N) is 2. The van der Waals surface area contributed by atoms with Gasteiger partial charge < -0.3 is 34.2 Å². The van der Waals surface area contributed by atoms with Crippen molar-refractivity contribution in [1.82, 2.24) is 15.0 Å². The van der Waals surface area contributed by atoms with Crippen molar-refractivity contribution in [2.24, 2.45) is 5.92 Å². The second-order valence-corrected chi connectivity index (χ2v) is 14.8. The van der Waals surface area contributed by atoms with E-state index in [1.54, 1.807) is 6.92 Å². The molecule has 1 aliphatic rings. The van der Waals surface area contributed by atoms with Crippen LogP contribution in [-0.4, -0.2) is 92.0 Å². The Morgan fingerprint density at radius 2 is 1.79 bits per heavy atom. The summed E-state index contributed by atoms with van der Waals surface area (Å²) in [5, 5.41) is 16.5. The van der Waals surface area contributed by atoms with Crippen LogP contribution in [0.4, 0.5) is 29.3 Å². The van der Waals surface area contributed by atoms with Crippen LogP contribution in [0.5, 0.6) is 5.75 Å². The number of anilines is 2. The zero-order chi connectivity index (χ0) is 38.4. The van der Waals surface area contributed by atoms with Crippen molar-refractivity contribution < 1.29 is 50.3 Å². The van der Waals surface area contributed by atoms with Crippen molar-refractivity contribution in [2.75, 3.05) is 43.4 Å². The highest BCUT2D eigenvalue weighted by Gasteiger charge is 2.33. The Morgan fingerprint density at radius 3 is 2.40 bits per heavy atom. The van der Waals surface area contributed by atoms with E-state index in [4.69, 9.17) is 14.0 Å². The average molecular weight is 754 g/mol. The summed E-state index contributed by atoms with van der Waals surface area (Å²) in [6, 6.07) is 7.27. The minimum Gasteiger partial charge on any atom is -0.490 e. The minimum atomic E-state index is -4.51. The van der Waals surface area contributed by atoms with Gasteiger partial charge in [-0.05, 0) is 89.4 Å². The molecule has 0 bridgehead atoms. The fourth-order valence-electron chi connectivity index (χ4n) is 5.83. The first kappa shape index (κ1) is 40.4. The summed E-state index contributed by atoms with van der Waals surface area (Å²) in [5.41, 5.74) is -0.318. The second-order valence-electron chi connectivity index (χ2n) is 13.2. The van der Waals surface area contributed by atoms with E-state index in [9.17, 15) is 36.3 Å². The number of urea groups is 1. The molecular formula is C35H46F3N5O8S. The number of rotatable bonds is 8. The highest BCUT2D eigenvalue weighted by Crippen LogP contribution is 2.32. The maximum absolute atomic E-state index is 14.4. The smallest absolute Gasteiger partial charge is 0.416 e. The van der Waals surface area contributed by atoms with E-state index in [0.29, 0.717) is 19.4 Å². The number of benzene rings is 2. The van der Waals surface area contributed by atoms with E-state index in [1.807, 2.05) is 13.8 Å².